The van der Waals surface area contributed by atoms with Crippen molar-refractivity contribution in [3.05, 3.63) is 42.2 Å². The first-order valence-corrected chi connectivity index (χ1v) is 5.82. The summed E-state index contributed by atoms with van der Waals surface area (Å²) in [6.45, 7) is 3.52. The molecule has 1 aromatic heterocycles. The number of benzene rings is 1. The van der Waals surface area contributed by atoms with Crippen LogP contribution in [0.5, 0.6) is 11.5 Å². The fraction of sp³-hybridized carbons (Fsp3) is 0.200. The Morgan fingerprint density at radius 3 is 2.58 bits per heavy atom. The second kappa shape index (κ2) is 5.63. The lowest BCUT2D eigenvalue weighted by Gasteiger charge is -2.13. The van der Waals surface area contributed by atoms with Gasteiger partial charge in [0, 0.05) is 6.07 Å². The van der Waals surface area contributed by atoms with Gasteiger partial charge >= 0.3 is 0 Å². The second-order valence-corrected chi connectivity index (χ2v) is 3.93. The molecule has 2 rings (SSSR count). The molecule has 4 nitrogen and oxygen atoms in total. The van der Waals surface area contributed by atoms with Crippen LogP contribution in [0.25, 0.3) is 17.4 Å². The van der Waals surface area contributed by atoms with E-state index in [1.54, 1.807) is 32.4 Å². The van der Waals surface area contributed by atoms with Gasteiger partial charge in [-0.15, -0.1) is 0 Å². The van der Waals surface area contributed by atoms with Crippen molar-refractivity contribution < 1.29 is 19.0 Å². The van der Waals surface area contributed by atoms with E-state index in [9.17, 15) is 5.11 Å². The molecule has 1 N–H and O–H groups in total. The van der Waals surface area contributed by atoms with Crippen LogP contribution in [-0.4, -0.2) is 19.3 Å². The maximum atomic E-state index is 9.51. The Bertz CT molecular complexity index is 559. The Balaban J connectivity index is 2.62. The Morgan fingerprint density at radius 2 is 2.05 bits per heavy atom. The van der Waals surface area contributed by atoms with Gasteiger partial charge in [-0.3, -0.25) is 0 Å². The molecule has 0 unspecified atom stereocenters. The molecule has 1 aromatic carbocycles. The minimum absolute atomic E-state index is 0.132. The molecule has 0 atom stereocenters. The molecule has 0 bridgehead atoms. The minimum atomic E-state index is -0.132. The van der Waals surface area contributed by atoms with Crippen LogP contribution in [0.4, 0.5) is 0 Å². The summed E-state index contributed by atoms with van der Waals surface area (Å²) in [5, 5.41) is 9.51. The Morgan fingerprint density at radius 1 is 1.26 bits per heavy atom. The summed E-state index contributed by atoms with van der Waals surface area (Å²) in [4.78, 5) is 0. The maximum absolute atomic E-state index is 9.51. The predicted molar refractivity (Wildman–Crippen MR) is 73.3 cm³/mol. The van der Waals surface area contributed by atoms with Crippen LogP contribution in [0.1, 0.15) is 11.3 Å². The van der Waals surface area contributed by atoms with Gasteiger partial charge in [0.05, 0.1) is 26.4 Å². The van der Waals surface area contributed by atoms with Gasteiger partial charge in [0.15, 0.2) is 0 Å². The van der Waals surface area contributed by atoms with Gasteiger partial charge < -0.3 is 19.0 Å². The fourth-order valence-electron chi connectivity index (χ4n) is 1.93. The molecule has 19 heavy (non-hydrogen) atoms. The van der Waals surface area contributed by atoms with Gasteiger partial charge in [-0.1, -0.05) is 6.58 Å². The number of aliphatic hydroxyl groups is 1. The van der Waals surface area contributed by atoms with Gasteiger partial charge in [0.1, 0.15) is 23.0 Å². The van der Waals surface area contributed by atoms with E-state index in [2.05, 4.69) is 6.58 Å². The molecule has 0 amide bonds. The highest BCUT2D eigenvalue weighted by Crippen LogP contribution is 2.38. The quantitative estimate of drug-likeness (QED) is 0.897. The monoisotopic (exact) mass is 260 g/mol. The van der Waals surface area contributed by atoms with Gasteiger partial charge in [-0.05, 0) is 29.8 Å². The van der Waals surface area contributed by atoms with Crippen molar-refractivity contribution in [1.82, 2.24) is 0 Å². The Labute approximate surface area is 111 Å². The minimum Gasteiger partial charge on any atom is -0.497 e. The lowest BCUT2D eigenvalue weighted by molar-refractivity contribution is 0.280. The first-order chi connectivity index (χ1) is 9.23. The van der Waals surface area contributed by atoms with E-state index >= 15 is 0 Å². The second-order valence-electron chi connectivity index (χ2n) is 3.93. The third-order valence-electron chi connectivity index (χ3n) is 2.86. The number of furan rings is 1. The maximum Gasteiger partial charge on any atom is 0.138 e. The molecule has 0 fully saturated rings. The number of rotatable bonds is 5. The molecule has 100 valence electrons. The SMILES string of the molecule is C=Cc1ccc(-c2c(CO)cc(OC)cc2OC)o1. The van der Waals surface area contributed by atoms with Crippen LogP contribution >= 0.6 is 0 Å². The molecule has 0 radical (unpaired) electrons. The molecular weight excluding hydrogens is 244 g/mol. The van der Waals surface area contributed by atoms with Gasteiger partial charge in [0.25, 0.3) is 0 Å². The van der Waals surface area contributed by atoms with E-state index in [-0.39, 0.29) is 6.61 Å². The van der Waals surface area contributed by atoms with Gasteiger partial charge in [0.2, 0.25) is 0 Å². The van der Waals surface area contributed by atoms with Gasteiger partial charge in [-0.25, -0.2) is 0 Å². The van der Waals surface area contributed by atoms with Crippen molar-refractivity contribution in [1.29, 1.82) is 0 Å². The molecule has 0 aliphatic carbocycles. The van der Waals surface area contributed by atoms with Crippen LogP contribution < -0.4 is 9.47 Å². The molecule has 1 heterocycles. The van der Waals surface area contributed by atoms with Crippen LogP contribution in [0.2, 0.25) is 0 Å². The average molecular weight is 260 g/mol. The summed E-state index contributed by atoms with van der Waals surface area (Å²) >= 11 is 0. The number of hydrogen-bond acceptors (Lipinski definition) is 4. The number of ether oxygens (including phenoxy) is 2. The van der Waals surface area contributed by atoms with Gasteiger partial charge in [-0.2, -0.15) is 0 Å². The zero-order valence-electron chi connectivity index (χ0n) is 11.0. The molecule has 0 aliphatic heterocycles. The zero-order chi connectivity index (χ0) is 13.8. The first-order valence-electron chi connectivity index (χ1n) is 5.82. The Kier molecular flexibility index (Phi) is 3.92. The van der Waals surface area contributed by atoms with Crippen LogP contribution in [0, 0.1) is 0 Å². The molecule has 0 saturated heterocycles. The van der Waals surface area contributed by atoms with E-state index in [4.69, 9.17) is 13.9 Å². The van der Waals surface area contributed by atoms with Crippen molar-refractivity contribution in [3.63, 3.8) is 0 Å². The Hall–Kier alpha value is -2.20. The topological polar surface area (TPSA) is 51.8 Å². The lowest BCUT2D eigenvalue weighted by Crippen LogP contribution is -1.96. The molecule has 0 spiro atoms. The third-order valence-corrected chi connectivity index (χ3v) is 2.86. The third kappa shape index (κ3) is 2.48. The summed E-state index contributed by atoms with van der Waals surface area (Å²) in [6, 6.07) is 7.15. The number of hydrogen-bond donors (Lipinski definition) is 1. The first kappa shape index (κ1) is 13.2. The molecule has 2 aromatic rings. The van der Waals surface area contributed by atoms with Crippen LogP contribution in [0.15, 0.2) is 35.3 Å². The molecule has 0 aliphatic rings. The van der Waals surface area contributed by atoms with Crippen molar-refractivity contribution in [2.24, 2.45) is 0 Å². The predicted octanol–water partition coefficient (Wildman–Crippen LogP) is 3.10. The number of methoxy groups -OCH3 is 2. The van der Waals surface area contributed by atoms with Crippen LogP contribution in [-0.2, 0) is 6.61 Å². The van der Waals surface area contributed by atoms with Crippen molar-refractivity contribution in [3.8, 4) is 22.8 Å². The van der Waals surface area contributed by atoms with Crippen molar-refractivity contribution in [2.75, 3.05) is 14.2 Å². The molecular formula is C15H16O4. The fourth-order valence-corrected chi connectivity index (χ4v) is 1.93. The smallest absolute Gasteiger partial charge is 0.138 e. The van der Waals surface area contributed by atoms with Crippen molar-refractivity contribution in [2.45, 2.75) is 6.61 Å². The normalized spacial score (nSPS) is 10.3. The highest BCUT2D eigenvalue weighted by atomic mass is 16.5. The van der Waals surface area contributed by atoms with Crippen molar-refractivity contribution >= 4 is 6.08 Å². The largest absolute Gasteiger partial charge is 0.497 e. The van der Waals surface area contributed by atoms with E-state index in [0.29, 0.717) is 28.6 Å². The summed E-state index contributed by atoms with van der Waals surface area (Å²) in [6.07, 6.45) is 1.62. The average Bonchev–Trinajstić information content (AvgIpc) is 2.94. The van der Waals surface area contributed by atoms with E-state index in [1.807, 2.05) is 12.1 Å². The van der Waals surface area contributed by atoms with E-state index < -0.39 is 0 Å². The van der Waals surface area contributed by atoms with E-state index in [1.165, 1.54) is 0 Å². The molecule has 4 heteroatoms. The summed E-state index contributed by atoms with van der Waals surface area (Å²) in [7, 11) is 3.13. The summed E-state index contributed by atoms with van der Waals surface area (Å²) < 4.78 is 16.2. The van der Waals surface area contributed by atoms with Crippen LogP contribution in [0.3, 0.4) is 0 Å². The summed E-state index contributed by atoms with van der Waals surface area (Å²) in [5.41, 5.74) is 1.40. The zero-order valence-corrected chi connectivity index (χ0v) is 11.0. The number of aliphatic hydroxyl groups excluding tert-OH is 1. The highest BCUT2D eigenvalue weighted by molar-refractivity contribution is 5.72. The lowest BCUT2D eigenvalue weighted by atomic mass is 10.0. The summed E-state index contributed by atoms with van der Waals surface area (Å²) in [5.74, 6) is 2.50. The molecule has 0 saturated carbocycles. The van der Waals surface area contributed by atoms with E-state index in [0.717, 1.165) is 5.56 Å². The standard InChI is InChI=1S/C15H16O4/c1-4-11-5-6-13(19-11)15-10(9-16)7-12(17-2)8-14(15)18-3/h4-8,16H,1,9H2,2-3H3. The highest BCUT2D eigenvalue weighted by Gasteiger charge is 2.16.